The number of hydrogen-bond donors (Lipinski definition) is 4. The van der Waals surface area contributed by atoms with Gasteiger partial charge in [0.15, 0.2) is 0 Å². The molecule has 0 radical (unpaired) electrons. The Morgan fingerprint density at radius 1 is 0.677 bits per heavy atom. The van der Waals surface area contributed by atoms with E-state index in [4.69, 9.17) is 4.74 Å². The third-order valence-electron chi connectivity index (χ3n) is 19.3. The molecule has 532 valence electrons. The van der Waals surface area contributed by atoms with Gasteiger partial charge < -0.3 is 65.2 Å². The van der Waals surface area contributed by atoms with Crippen LogP contribution in [-0.2, 0) is 70.4 Å². The average Bonchev–Trinajstić information content (AvgIpc) is 0.786. The molecule has 3 heterocycles. The zero-order valence-corrected chi connectivity index (χ0v) is 61.2. The second-order valence-corrected chi connectivity index (χ2v) is 28.2. The number of hydrogen-bond acceptors (Lipinski definition) is 13. The molecule has 10 atom stereocenters. The molecule has 27 heteroatoms. The first-order chi connectivity index (χ1) is 45.1. The first-order valence-corrected chi connectivity index (χ1v) is 34.7. The topological polar surface area (TPSA) is 288 Å². The molecule has 0 bridgehead atoms. The highest BCUT2D eigenvalue weighted by atomic mass is 127. The molecule has 25 nitrogen and oxygen atoms in total. The molecule has 12 amide bonds. The minimum absolute atomic E-state index is 0.0624. The van der Waals surface area contributed by atoms with E-state index in [1.54, 1.807) is 49.1 Å². The lowest BCUT2D eigenvalue weighted by Crippen LogP contribution is -2.65. The SMILES string of the molecule is CCCC[C@@H]1NC(=O)[C@H](Cc2cc(F)cc(I)c2)NC(=O)CN(C)C(=O)[C@H](Cc2ccc(OC)cc2)N(C)C(=O)[C@@H]2CCN2C(=O)[C@H](C)N(C)C(=O)[C@H]([C@@H](C)CC)NC(=O)[C@H](CC)N(C)C(=O)C[C@@H](C(=O)N2CCCCC2)N(C)C(=O)[C@H](CC(C)C)NC(=O)C(C)(C)N(C)C1=O. The Kier molecular flexibility index (Phi) is 29.5. The van der Waals surface area contributed by atoms with Gasteiger partial charge in [0.05, 0.1) is 20.1 Å². The molecule has 0 saturated carbocycles. The molecule has 96 heavy (non-hydrogen) atoms. The summed E-state index contributed by atoms with van der Waals surface area (Å²) in [6.07, 6.45) is 3.14. The van der Waals surface area contributed by atoms with Crippen LogP contribution in [0.3, 0.4) is 0 Å². The first kappa shape index (κ1) is 79.2. The molecule has 5 rings (SSSR count). The van der Waals surface area contributed by atoms with Gasteiger partial charge in [-0.25, -0.2) is 4.39 Å². The Bertz CT molecular complexity index is 3110. The Balaban J connectivity index is 1.63. The summed E-state index contributed by atoms with van der Waals surface area (Å²) in [4.78, 5) is 187. The lowest BCUT2D eigenvalue weighted by molar-refractivity contribution is -0.160. The van der Waals surface area contributed by atoms with Crippen LogP contribution >= 0.6 is 22.6 Å². The van der Waals surface area contributed by atoms with Gasteiger partial charge in [-0.15, -0.1) is 0 Å². The van der Waals surface area contributed by atoms with E-state index in [2.05, 4.69) is 21.3 Å². The number of unbranched alkanes of at least 4 members (excludes halogenated alkanes) is 1. The van der Waals surface area contributed by atoms with E-state index in [9.17, 15) is 52.7 Å². The second-order valence-electron chi connectivity index (χ2n) is 26.9. The third-order valence-corrected chi connectivity index (χ3v) is 19.9. The molecule has 4 N–H and O–H groups in total. The Morgan fingerprint density at radius 3 is 1.89 bits per heavy atom. The summed E-state index contributed by atoms with van der Waals surface area (Å²) in [5.74, 6) is -9.04. The van der Waals surface area contributed by atoms with Gasteiger partial charge in [0.2, 0.25) is 70.9 Å². The highest BCUT2D eigenvalue weighted by molar-refractivity contribution is 14.1. The van der Waals surface area contributed by atoms with E-state index in [-0.39, 0.29) is 51.0 Å². The van der Waals surface area contributed by atoms with Gasteiger partial charge in [-0.05, 0) is 142 Å². The number of benzene rings is 2. The van der Waals surface area contributed by atoms with Crippen molar-refractivity contribution in [1.29, 1.82) is 0 Å². The zero-order chi connectivity index (χ0) is 71.8. The molecule has 0 unspecified atom stereocenters. The summed E-state index contributed by atoms with van der Waals surface area (Å²) >= 11 is 1.92. The highest BCUT2D eigenvalue weighted by Crippen LogP contribution is 2.27. The molecule has 0 aromatic heterocycles. The van der Waals surface area contributed by atoms with Crippen LogP contribution in [0.2, 0.25) is 0 Å². The predicted molar refractivity (Wildman–Crippen MR) is 368 cm³/mol. The van der Waals surface area contributed by atoms with Crippen molar-refractivity contribution in [3.63, 3.8) is 0 Å². The predicted octanol–water partition coefficient (Wildman–Crippen LogP) is 3.90. The molecule has 3 saturated heterocycles. The number of amides is 12. The fourth-order valence-corrected chi connectivity index (χ4v) is 12.9. The van der Waals surface area contributed by atoms with Crippen LogP contribution in [0.1, 0.15) is 144 Å². The lowest BCUT2D eigenvalue weighted by atomic mass is 9.95. The summed E-state index contributed by atoms with van der Waals surface area (Å²) in [5, 5.41) is 11.3. The number of nitrogens with zero attached hydrogens (tertiary/aromatic N) is 8. The van der Waals surface area contributed by atoms with Crippen LogP contribution in [-0.4, -0.2) is 246 Å². The van der Waals surface area contributed by atoms with Crippen molar-refractivity contribution >= 4 is 93.5 Å². The largest absolute Gasteiger partial charge is 0.497 e. The van der Waals surface area contributed by atoms with Gasteiger partial charge in [-0.1, -0.05) is 72.9 Å². The minimum atomic E-state index is -1.73. The number of halogens is 2. The second kappa shape index (κ2) is 35.7. The van der Waals surface area contributed by atoms with Gasteiger partial charge >= 0.3 is 0 Å². The van der Waals surface area contributed by atoms with E-state index < -0.39 is 156 Å². The zero-order valence-electron chi connectivity index (χ0n) is 59.1. The lowest BCUT2D eigenvalue weighted by Gasteiger charge is -2.45. The molecule has 3 fully saturated rings. The molecule has 2 aromatic carbocycles. The normalized spacial score (nSPS) is 25.6. The van der Waals surface area contributed by atoms with E-state index in [1.807, 2.05) is 50.3 Å². The molecule has 0 spiro atoms. The number of ether oxygens (including phenoxy) is 1. The van der Waals surface area contributed by atoms with E-state index in [1.165, 1.54) is 102 Å². The Morgan fingerprint density at radius 2 is 1.32 bits per heavy atom. The van der Waals surface area contributed by atoms with Gasteiger partial charge in [-0.3, -0.25) is 57.5 Å². The number of likely N-dealkylation sites (tertiary alicyclic amines) is 1. The number of piperidine rings is 1. The quantitative estimate of drug-likeness (QED) is 0.196. The first-order valence-electron chi connectivity index (χ1n) is 33.6. The van der Waals surface area contributed by atoms with Crippen molar-refractivity contribution in [2.45, 2.75) is 206 Å². The van der Waals surface area contributed by atoms with Crippen molar-refractivity contribution < 1.29 is 66.7 Å². The van der Waals surface area contributed by atoms with Gasteiger partial charge in [-0.2, -0.15) is 0 Å². The van der Waals surface area contributed by atoms with Gasteiger partial charge in [0.25, 0.3) is 0 Å². The standard InChI is InChI=1S/C69H104FIN12O13/c1-17-20-24-49-63(90)81(15)69(8,9)68(95)74-51(33-41(4)5)62(89)79(13)55(66(93)82-30-22-21-23-31-82)39-57(85)78(12)52(19-3)60(87)75-58(42(6)18-2)67(94)77(11)43(7)61(88)83-32-29-53(83)65(92)80(14)54(37-44-25-27-48(96-16)28-26-44)64(91)76(10)40-56(84)72-50(59(86)73-49)36-45-34-46(70)38-47(71)35-45/h25-28,34-35,38,41-43,49-55,58H,17-24,29-33,36-37,39-40H2,1-16H3,(H,72,84)(H,73,86)(H,74,95)(H,75,87)/t42-,43-,49-,50-,51-,52-,53-,54-,55-,58-/m0/s1. The number of methoxy groups -OCH3 is 1. The number of carbonyl (C=O) groups excluding carboxylic acids is 12. The fourth-order valence-electron chi connectivity index (χ4n) is 12.2. The van der Waals surface area contributed by atoms with Crippen LogP contribution in [0.25, 0.3) is 0 Å². The van der Waals surface area contributed by atoms with Gasteiger partial charge in [0.1, 0.15) is 71.5 Å². The maximum Gasteiger partial charge on any atom is 0.246 e. The van der Waals surface area contributed by atoms with E-state index in [0.717, 1.165) is 21.1 Å². The van der Waals surface area contributed by atoms with Crippen LogP contribution in [0, 0.1) is 21.2 Å². The number of nitrogens with one attached hydrogen (secondary N) is 4. The van der Waals surface area contributed by atoms with Crippen LogP contribution in [0.15, 0.2) is 42.5 Å². The summed E-state index contributed by atoms with van der Waals surface area (Å²) in [6.45, 7) is 15.5. The van der Waals surface area contributed by atoms with E-state index in [0.29, 0.717) is 65.6 Å². The van der Waals surface area contributed by atoms with Crippen molar-refractivity contribution in [3.8, 4) is 5.75 Å². The molecular formula is C69H104FIN12O13. The van der Waals surface area contributed by atoms with Crippen LogP contribution in [0.4, 0.5) is 4.39 Å². The van der Waals surface area contributed by atoms with Crippen molar-refractivity contribution in [2.75, 3.05) is 75.6 Å². The van der Waals surface area contributed by atoms with Crippen LogP contribution in [0.5, 0.6) is 5.75 Å². The number of fused-ring (bicyclic) bond motifs is 1. The Labute approximate surface area is 579 Å². The number of carbonyl (C=O) groups is 12. The molecule has 0 aliphatic carbocycles. The molecule has 3 aliphatic heterocycles. The Hall–Kier alpha value is -7.46. The van der Waals surface area contributed by atoms with E-state index >= 15 is 9.18 Å². The summed E-state index contributed by atoms with van der Waals surface area (Å²) in [7, 11) is 9.85. The molecule has 3 aliphatic rings. The van der Waals surface area contributed by atoms with Crippen molar-refractivity contribution in [2.24, 2.45) is 11.8 Å². The average molecular weight is 1460 g/mol. The monoisotopic (exact) mass is 1450 g/mol. The molecular weight excluding hydrogens is 1350 g/mol. The van der Waals surface area contributed by atoms with Crippen molar-refractivity contribution in [1.82, 2.24) is 60.5 Å². The maximum atomic E-state index is 15.1. The highest BCUT2D eigenvalue weighted by Gasteiger charge is 2.47. The van der Waals surface area contributed by atoms with Crippen LogP contribution < -0.4 is 26.0 Å². The fraction of sp³-hybridized carbons (Fsp3) is 0.652. The molecule has 2 aromatic rings. The summed E-state index contributed by atoms with van der Waals surface area (Å²) in [5.41, 5.74) is -0.813. The van der Waals surface area contributed by atoms with Gasteiger partial charge in [0, 0.05) is 78.3 Å². The summed E-state index contributed by atoms with van der Waals surface area (Å²) < 4.78 is 20.9. The maximum absolute atomic E-state index is 15.1. The minimum Gasteiger partial charge on any atom is -0.497 e. The number of likely N-dealkylation sites (N-methyl/N-ethyl adjacent to an activating group) is 6. The smallest absolute Gasteiger partial charge is 0.246 e. The number of rotatable bonds is 14. The summed E-state index contributed by atoms with van der Waals surface area (Å²) in [6, 6.07) is -0.495. The van der Waals surface area contributed by atoms with Crippen molar-refractivity contribution in [3.05, 3.63) is 63.0 Å². The third kappa shape index (κ3) is 20.1.